The Kier molecular flexibility index (Phi) is 34.6. The zero-order valence-corrected chi connectivity index (χ0v) is 80.9. The molecule has 0 saturated carbocycles. The summed E-state index contributed by atoms with van der Waals surface area (Å²) < 4.78 is 129. The standard InChI is InChI=1S/C24H21Cl2N3O5S2.C23H23N3O6S2.C21H23Cl2N3O6S.C18H17Cl2N3O6S/c1-16-2-4-17(5-3-16)24(30)27-10-12-28(13-11-27)36(33,34)23-15-19(29(31)32)7-9-21(23)35-22-14-18(25)6-8-20(22)26;1-16-5-6-17(2)21(14-16)33-20-8-7-18(26(28)29)15-22(20)34(30,31)25-11-9-24(10-12-25)23(27)19-4-3-13-32-19;1-14(2)11-21(27)24-7-9-25(10-8-24)33(30,31)20-13-16(26(28)29)4-6-18(20)32-19-12-15(22)3-5-17(19)23;1-12(24)21-6-8-22(9-7-21)30(27,28)18-11-14(23(25)26)3-5-16(18)29-17-10-13(19)2-4-15(17)20/h2-9,14-15H,10-13H2,1H3;3-8,13-15H,9-12H2,1-2H3;3-6,12-14H,7-11H2,1-2H3;2-5,10-11H,6-9H2,1H3. The van der Waals surface area contributed by atoms with E-state index in [0.717, 1.165) is 74.1 Å². The third-order valence-corrected chi connectivity index (χ3v) is 33.0. The van der Waals surface area contributed by atoms with Crippen LogP contribution in [0.15, 0.2) is 232 Å². The van der Waals surface area contributed by atoms with Gasteiger partial charge in [-0.15, -0.1) is 0 Å². The van der Waals surface area contributed by atoms with Crippen LogP contribution >= 0.6 is 93.1 Å². The van der Waals surface area contributed by atoms with Crippen LogP contribution in [0.1, 0.15) is 64.8 Å². The molecular formula is C86H84Cl6N12O23S6. The van der Waals surface area contributed by atoms with E-state index in [0.29, 0.717) is 41.9 Å². The number of carbonyl (C=O) groups is 4. The maximum Gasteiger partial charge on any atom is 0.289 e. The highest BCUT2D eigenvalue weighted by molar-refractivity contribution is 8.00. The summed E-state index contributed by atoms with van der Waals surface area (Å²) in [6, 6.07) is 44.1. The number of amides is 4. The van der Waals surface area contributed by atoms with Crippen molar-refractivity contribution in [3.05, 3.63) is 287 Å². The number of halogens is 6. The van der Waals surface area contributed by atoms with Crippen LogP contribution in [0.3, 0.4) is 0 Å². The van der Waals surface area contributed by atoms with Gasteiger partial charge in [0, 0.05) is 219 Å². The predicted octanol–water partition coefficient (Wildman–Crippen LogP) is 17.7. The number of piperazine rings is 4. The highest BCUT2D eigenvalue weighted by Gasteiger charge is 2.40. The van der Waals surface area contributed by atoms with Crippen LogP contribution in [0.4, 0.5) is 22.7 Å². The molecule has 704 valence electrons. The van der Waals surface area contributed by atoms with Crippen LogP contribution in [-0.4, -0.2) is 219 Å². The highest BCUT2D eigenvalue weighted by Crippen LogP contribution is 2.45. The second kappa shape index (κ2) is 44.7. The number of rotatable bonds is 24. The number of aryl methyl sites for hydroxylation is 3. The minimum atomic E-state index is -4.17. The SMILES string of the molecule is CC(=O)N1CCN(S(=O)(=O)c2cc([N+](=O)[O-])ccc2Oc2cc(Cl)ccc2Cl)CC1.CC(C)CC(=O)N1CCN(S(=O)(=O)c2cc([N+](=O)[O-])ccc2Oc2cc(Cl)ccc2Cl)CC1.Cc1ccc(C(=O)N2CCN(S(=O)(=O)c3cc([N+](=O)[O-])ccc3Sc3cc(Cl)ccc3Cl)CC2)cc1.Cc1ccc(C)c(Sc2ccc([N+](=O)[O-])cc2S(=O)(=O)N2CCN(C(=O)c3ccco3)CC2)c1. The first-order chi connectivity index (χ1) is 62.8. The first-order valence-electron chi connectivity index (χ1n) is 40.3. The predicted molar refractivity (Wildman–Crippen MR) is 501 cm³/mol. The Bertz CT molecular complexity index is 6590. The molecule has 4 aliphatic heterocycles. The number of carbonyl (C=O) groups excluding carboxylic acids is 4. The third kappa shape index (κ3) is 25.9. The maximum atomic E-state index is 13.6. The van der Waals surface area contributed by atoms with Crippen molar-refractivity contribution in [2.75, 3.05) is 105 Å². The molecule has 0 N–H and O–H groups in total. The van der Waals surface area contributed by atoms with Crippen molar-refractivity contribution in [2.24, 2.45) is 5.92 Å². The average molecular weight is 2060 g/mol. The van der Waals surface area contributed by atoms with Crippen molar-refractivity contribution in [2.45, 2.75) is 87.1 Å². The molecule has 0 spiro atoms. The summed E-state index contributed by atoms with van der Waals surface area (Å²) in [5.74, 6) is -0.294. The van der Waals surface area contributed by atoms with Gasteiger partial charge in [0.1, 0.15) is 42.6 Å². The summed E-state index contributed by atoms with van der Waals surface area (Å²) >= 11 is 38.8. The molecule has 4 aliphatic rings. The number of sulfonamides is 4. The van der Waals surface area contributed by atoms with Gasteiger partial charge in [-0.1, -0.05) is 137 Å². The van der Waals surface area contributed by atoms with Crippen molar-refractivity contribution in [1.82, 2.24) is 36.8 Å². The van der Waals surface area contributed by atoms with Gasteiger partial charge in [-0.2, -0.15) is 17.2 Å². The summed E-state index contributed by atoms with van der Waals surface area (Å²) in [6.45, 7) is 13.3. The van der Waals surface area contributed by atoms with E-state index >= 15 is 0 Å². The molecule has 0 bridgehead atoms. The lowest BCUT2D eigenvalue weighted by atomic mass is 10.1. The molecule has 4 amide bonds. The van der Waals surface area contributed by atoms with Crippen molar-refractivity contribution in [3.63, 3.8) is 0 Å². The van der Waals surface area contributed by atoms with Crippen LogP contribution in [0.25, 0.3) is 0 Å². The van der Waals surface area contributed by atoms with Gasteiger partial charge in [-0.3, -0.25) is 59.6 Å². The second-order valence-electron chi connectivity index (χ2n) is 30.5. The Hall–Kier alpha value is -10.6. The van der Waals surface area contributed by atoms with Crippen molar-refractivity contribution < 1.29 is 86.4 Å². The van der Waals surface area contributed by atoms with E-state index in [1.807, 2.05) is 65.0 Å². The molecule has 9 aromatic carbocycles. The average Bonchev–Trinajstić information content (AvgIpc) is 0.820. The van der Waals surface area contributed by atoms with Gasteiger partial charge in [0.25, 0.3) is 34.6 Å². The Morgan fingerprint density at radius 3 is 1.14 bits per heavy atom. The van der Waals surface area contributed by atoms with Crippen molar-refractivity contribution >= 4 is 180 Å². The number of benzene rings is 9. The summed E-state index contributed by atoms with van der Waals surface area (Å²) in [7, 11) is -16.5. The van der Waals surface area contributed by atoms with Gasteiger partial charge in [0.05, 0.1) is 41.0 Å². The normalized spacial score (nSPS) is 14.9. The Morgan fingerprint density at radius 2 is 0.744 bits per heavy atom. The molecule has 5 heterocycles. The molecule has 47 heteroatoms. The first kappa shape index (κ1) is 103. The maximum absolute atomic E-state index is 13.6. The molecule has 4 saturated heterocycles. The molecule has 14 rings (SSSR count). The number of ether oxygens (including phenoxy) is 2. The van der Waals surface area contributed by atoms with Gasteiger partial charge >= 0.3 is 0 Å². The molecule has 0 aliphatic carbocycles. The van der Waals surface area contributed by atoms with Crippen molar-refractivity contribution in [1.29, 1.82) is 0 Å². The molecule has 0 atom stereocenters. The molecule has 10 aromatic rings. The lowest BCUT2D eigenvalue weighted by Gasteiger charge is -2.34. The third-order valence-electron chi connectivity index (χ3n) is 20.9. The van der Waals surface area contributed by atoms with Crippen LogP contribution in [-0.2, 0) is 49.7 Å². The van der Waals surface area contributed by atoms with Gasteiger partial charge in [-0.25, -0.2) is 33.7 Å². The number of hydrogen-bond acceptors (Lipinski definition) is 25. The second-order valence-corrected chi connectivity index (χ2v) is 42.8. The van der Waals surface area contributed by atoms with E-state index in [9.17, 15) is 93.3 Å². The van der Waals surface area contributed by atoms with Gasteiger partial charge in [0.15, 0.2) is 5.76 Å². The van der Waals surface area contributed by atoms with Gasteiger partial charge in [-0.05, 0) is 135 Å². The van der Waals surface area contributed by atoms with Crippen molar-refractivity contribution in [3.8, 4) is 23.0 Å². The molecule has 1 aromatic heterocycles. The number of nitro benzene ring substituents is 4. The molecule has 0 unspecified atom stereocenters. The fourth-order valence-corrected chi connectivity index (χ4v) is 23.7. The number of nitro groups is 4. The smallest absolute Gasteiger partial charge is 0.289 e. The number of hydrogen-bond donors (Lipinski definition) is 0. The lowest BCUT2D eigenvalue weighted by molar-refractivity contribution is -0.385. The number of non-ortho nitro benzene ring substituents is 4. The van der Waals surface area contributed by atoms with Crippen LogP contribution in [0.5, 0.6) is 23.0 Å². The highest BCUT2D eigenvalue weighted by atomic mass is 35.5. The molecule has 35 nitrogen and oxygen atoms in total. The van der Waals surface area contributed by atoms with E-state index in [1.54, 1.807) is 64.4 Å². The zero-order valence-electron chi connectivity index (χ0n) is 71.5. The van der Waals surface area contributed by atoms with Gasteiger partial charge in [0.2, 0.25) is 51.9 Å². The monoisotopic (exact) mass is 2050 g/mol. The first-order valence-corrected chi connectivity index (χ1v) is 50.0. The largest absolute Gasteiger partial charge is 0.459 e. The summed E-state index contributed by atoms with van der Waals surface area (Å²) in [5.41, 5.74) is 2.13. The van der Waals surface area contributed by atoms with E-state index in [2.05, 4.69) is 0 Å². The van der Waals surface area contributed by atoms with Gasteiger partial charge < -0.3 is 33.5 Å². The Labute approximate surface area is 804 Å². The molecular weight excluding hydrogens is 1970 g/mol. The van der Waals surface area contributed by atoms with Crippen LogP contribution < -0.4 is 9.47 Å². The summed E-state index contributed by atoms with van der Waals surface area (Å²) in [6.07, 6.45) is 1.79. The van der Waals surface area contributed by atoms with E-state index in [4.69, 9.17) is 83.5 Å². The summed E-state index contributed by atoms with van der Waals surface area (Å²) in [5, 5.41) is 47.1. The number of nitrogens with zero attached hydrogens (tertiary/aromatic N) is 12. The molecule has 0 radical (unpaired) electrons. The minimum absolute atomic E-state index is 0.0305. The lowest BCUT2D eigenvalue weighted by Crippen LogP contribution is -2.50. The van der Waals surface area contributed by atoms with E-state index < -0.39 is 71.2 Å². The molecule has 133 heavy (non-hydrogen) atoms. The Morgan fingerprint density at radius 1 is 0.383 bits per heavy atom. The van der Waals surface area contributed by atoms with Crippen LogP contribution in [0, 0.1) is 67.1 Å². The zero-order chi connectivity index (χ0) is 96.9. The van der Waals surface area contributed by atoms with Crippen LogP contribution in [0.2, 0.25) is 30.1 Å². The molecule has 4 fully saturated rings. The fraction of sp³-hybridized carbons (Fsp3) is 0.279. The summed E-state index contributed by atoms with van der Waals surface area (Å²) in [4.78, 5) is 99.2. The Balaban J connectivity index is 0.000000171. The minimum Gasteiger partial charge on any atom is -0.459 e. The topological polar surface area (TPSA) is 435 Å². The number of furan rings is 1. The quantitative estimate of drug-likeness (QED) is 0.0400. The fourth-order valence-electron chi connectivity index (χ4n) is 13.7. The van der Waals surface area contributed by atoms with E-state index in [-0.39, 0.29) is 209 Å². The van der Waals surface area contributed by atoms with E-state index in [1.165, 1.54) is 108 Å².